The van der Waals surface area contributed by atoms with Gasteiger partial charge in [0.15, 0.2) is 0 Å². The molecule has 0 aromatic heterocycles. The molecule has 1 aliphatic carbocycles. The van der Waals surface area contributed by atoms with E-state index in [4.69, 9.17) is 5.26 Å². The van der Waals surface area contributed by atoms with Crippen LogP contribution in [0.4, 0.5) is 0 Å². The van der Waals surface area contributed by atoms with Gasteiger partial charge in [-0.05, 0) is 48.0 Å². The first-order valence-corrected chi connectivity index (χ1v) is 6.72. The van der Waals surface area contributed by atoms with Crippen LogP contribution in [0.5, 0.6) is 0 Å². The third-order valence-corrected chi connectivity index (χ3v) is 3.16. The number of hydrogen-bond donors (Lipinski definition) is 0. The summed E-state index contributed by atoms with van der Waals surface area (Å²) in [5.74, 6) is 0. The summed E-state index contributed by atoms with van der Waals surface area (Å²) in [5, 5.41) is 8.96. The van der Waals surface area contributed by atoms with E-state index in [9.17, 15) is 0 Å². The molecule has 104 valence electrons. The second kappa shape index (κ2) is 6.86. The Balaban J connectivity index is 2.88. The standard InChI is InChI=1S/C18H22N2/c1-6-7-8-16(11-19)12-20-13-17-14(2)9-18(4,5)10-15(17)3/h6-8,12-13H,2-3,9-10H2,1,4-5H3/b7-6-,16-8-,20-12+. The number of hydrogen-bond acceptors (Lipinski definition) is 2. The van der Waals surface area contributed by atoms with Gasteiger partial charge in [-0.25, -0.2) is 0 Å². The Labute approximate surface area is 122 Å². The van der Waals surface area contributed by atoms with Crippen LogP contribution in [0, 0.1) is 16.7 Å². The van der Waals surface area contributed by atoms with Crippen molar-refractivity contribution >= 4 is 6.21 Å². The van der Waals surface area contributed by atoms with Crippen molar-refractivity contribution in [3.8, 4) is 6.07 Å². The fourth-order valence-corrected chi connectivity index (χ4v) is 2.34. The molecule has 0 spiro atoms. The van der Waals surface area contributed by atoms with E-state index in [1.54, 1.807) is 18.5 Å². The highest BCUT2D eigenvalue weighted by atomic mass is 14.7. The molecule has 1 saturated carbocycles. The molecule has 0 aromatic carbocycles. The normalized spacial score (nSPS) is 19.7. The van der Waals surface area contributed by atoms with Gasteiger partial charge in [0.1, 0.15) is 6.07 Å². The van der Waals surface area contributed by atoms with Crippen molar-refractivity contribution in [3.05, 3.63) is 59.9 Å². The summed E-state index contributed by atoms with van der Waals surface area (Å²) in [6.07, 6.45) is 10.7. The Kier molecular flexibility index (Phi) is 5.46. The smallest absolute Gasteiger partial charge is 0.101 e. The van der Waals surface area contributed by atoms with Crippen molar-refractivity contribution in [3.63, 3.8) is 0 Å². The lowest BCUT2D eigenvalue weighted by molar-refractivity contribution is 0.349. The zero-order chi connectivity index (χ0) is 15.2. The molecule has 0 bridgehead atoms. The van der Waals surface area contributed by atoms with Crippen LogP contribution in [-0.4, -0.2) is 6.21 Å². The molecule has 0 N–H and O–H groups in total. The topological polar surface area (TPSA) is 36.1 Å². The third kappa shape index (κ3) is 4.51. The van der Waals surface area contributed by atoms with Gasteiger partial charge in [0.05, 0.1) is 5.57 Å². The largest absolute Gasteiger partial charge is 0.263 e. The van der Waals surface area contributed by atoms with Crippen molar-refractivity contribution < 1.29 is 0 Å². The molecule has 2 nitrogen and oxygen atoms in total. The van der Waals surface area contributed by atoms with Gasteiger partial charge in [-0.1, -0.05) is 39.2 Å². The molecule has 0 radical (unpaired) electrons. The van der Waals surface area contributed by atoms with Gasteiger partial charge in [-0.15, -0.1) is 0 Å². The van der Waals surface area contributed by atoms with Gasteiger partial charge in [-0.2, -0.15) is 5.26 Å². The summed E-state index contributed by atoms with van der Waals surface area (Å²) >= 11 is 0. The minimum Gasteiger partial charge on any atom is -0.263 e. The lowest BCUT2D eigenvalue weighted by atomic mass is 9.71. The number of nitrogens with zero attached hydrogens (tertiary/aromatic N) is 2. The predicted molar refractivity (Wildman–Crippen MR) is 86.4 cm³/mol. The van der Waals surface area contributed by atoms with Crippen LogP contribution in [0.15, 0.2) is 64.9 Å². The molecule has 0 atom stereocenters. The summed E-state index contributed by atoms with van der Waals surface area (Å²) in [6, 6.07) is 2.10. The van der Waals surface area contributed by atoms with Crippen molar-refractivity contribution in [1.29, 1.82) is 5.26 Å². The number of aliphatic imine (C=N–C) groups is 1. The van der Waals surface area contributed by atoms with Gasteiger partial charge in [0.25, 0.3) is 0 Å². The van der Waals surface area contributed by atoms with Crippen LogP contribution in [0.1, 0.15) is 33.6 Å². The molecule has 0 aliphatic heterocycles. The third-order valence-electron chi connectivity index (χ3n) is 3.16. The van der Waals surface area contributed by atoms with Crippen LogP contribution >= 0.6 is 0 Å². The van der Waals surface area contributed by atoms with Crippen LogP contribution in [0.3, 0.4) is 0 Å². The van der Waals surface area contributed by atoms with E-state index >= 15 is 0 Å². The van der Waals surface area contributed by atoms with E-state index in [1.807, 2.05) is 19.1 Å². The average Bonchev–Trinajstić information content (AvgIpc) is 2.35. The molecule has 0 heterocycles. The zero-order valence-corrected chi connectivity index (χ0v) is 12.6. The van der Waals surface area contributed by atoms with E-state index in [2.05, 4.69) is 38.1 Å². The molecule has 0 saturated heterocycles. The van der Waals surface area contributed by atoms with E-state index in [-0.39, 0.29) is 5.41 Å². The van der Waals surface area contributed by atoms with E-state index in [0.29, 0.717) is 5.57 Å². The van der Waals surface area contributed by atoms with Gasteiger partial charge in [-0.3, -0.25) is 4.99 Å². The van der Waals surface area contributed by atoms with Crippen LogP contribution < -0.4 is 0 Å². The van der Waals surface area contributed by atoms with Crippen molar-refractivity contribution in [2.75, 3.05) is 0 Å². The van der Waals surface area contributed by atoms with Gasteiger partial charge in [0, 0.05) is 12.4 Å². The molecule has 20 heavy (non-hydrogen) atoms. The number of allylic oxidation sites excluding steroid dienone is 7. The minimum absolute atomic E-state index is 0.221. The lowest BCUT2D eigenvalue weighted by Crippen LogP contribution is -2.19. The summed E-state index contributed by atoms with van der Waals surface area (Å²) in [7, 11) is 0. The van der Waals surface area contributed by atoms with Crippen molar-refractivity contribution in [2.24, 2.45) is 10.4 Å². The van der Waals surface area contributed by atoms with Crippen molar-refractivity contribution in [1.82, 2.24) is 0 Å². The van der Waals surface area contributed by atoms with Gasteiger partial charge < -0.3 is 0 Å². The van der Waals surface area contributed by atoms with E-state index in [1.165, 1.54) is 0 Å². The monoisotopic (exact) mass is 266 g/mol. The lowest BCUT2D eigenvalue weighted by Gasteiger charge is -2.33. The molecule has 2 heteroatoms. The van der Waals surface area contributed by atoms with Crippen LogP contribution in [0.25, 0.3) is 0 Å². The maximum absolute atomic E-state index is 8.96. The maximum atomic E-state index is 8.96. The Morgan fingerprint density at radius 1 is 1.30 bits per heavy atom. The molecular formula is C18H22N2. The predicted octanol–water partition coefficient (Wildman–Crippen LogP) is 4.90. The highest BCUT2D eigenvalue weighted by Gasteiger charge is 2.28. The first-order chi connectivity index (χ1) is 9.39. The van der Waals surface area contributed by atoms with E-state index < -0.39 is 0 Å². The summed E-state index contributed by atoms with van der Waals surface area (Å²) in [5.41, 5.74) is 3.90. The summed E-state index contributed by atoms with van der Waals surface area (Å²) in [4.78, 5) is 4.23. The molecule has 0 aromatic rings. The Morgan fingerprint density at radius 2 is 1.90 bits per heavy atom. The van der Waals surface area contributed by atoms with Crippen LogP contribution in [0.2, 0.25) is 0 Å². The second-order valence-corrected chi connectivity index (χ2v) is 5.81. The maximum Gasteiger partial charge on any atom is 0.101 e. The van der Waals surface area contributed by atoms with Crippen LogP contribution in [-0.2, 0) is 0 Å². The first kappa shape index (κ1) is 15.9. The molecular weight excluding hydrogens is 244 g/mol. The number of rotatable bonds is 3. The molecule has 0 amide bonds. The summed E-state index contributed by atoms with van der Waals surface area (Å²) in [6.45, 7) is 14.6. The Bertz CT molecular complexity index is 539. The van der Waals surface area contributed by atoms with Crippen molar-refractivity contribution in [2.45, 2.75) is 33.6 Å². The first-order valence-electron chi connectivity index (χ1n) is 6.72. The molecule has 1 aliphatic rings. The summed E-state index contributed by atoms with van der Waals surface area (Å²) < 4.78 is 0. The zero-order valence-electron chi connectivity index (χ0n) is 12.6. The molecule has 1 fully saturated rings. The molecule has 0 unspecified atom stereocenters. The average molecular weight is 266 g/mol. The second-order valence-electron chi connectivity index (χ2n) is 5.81. The quantitative estimate of drug-likeness (QED) is 0.406. The highest BCUT2D eigenvalue weighted by molar-refractivity contribution is 5.84. The van der Waals surface area contributed by atoms with E-state index in [0.717, 1.165) is 29.6 Å². The van der Waals surface area contributed by atoms with Gasteiger partial charge >= 0.3 is 0 Å². The fourth-order valence-electron chi connectivity index (χ4n) is 2.34. The fraction of sp³-hybridized carbons (Fsp3) is 0.333. The SMILES string of the molecule is C=C1CC(C)(C)CC(=C)C1=C/N=C/C(C#N)=C\C=C/C. The van der Waals surface area contributed by atoms with Gasteiger partial charge in [0.2, 0.25) is 0 Å². The highest BCUT2D eigenvalue weighted by Crippen LogP contribution is 2.42. The Morgan fingerprint density at radius 3 is 2.40 bits per heavy atom. The Hall–Kier alpha value is -2.14. The number of nitriles is 1. The minimum atomic E-state index is 0.221. The molecule has 1 rings (SSSR count).